The summed E-state index contributed by atoms with van der Waals surface area (Å²) in [5.74, 6) is 0.503. The number of hydrogen-bond acceptors (Lipinski definition) is 8. The predicted molar refractivity (Wildman–Crippen MR) is 77.3 cm³/mol. The van der Waals surface area contributed by atoms with Crippen molar-refractivity contribution in [2.75, 3.05) is 19.4 Å². The Hall–Kier alpha value is -1.13. The second kappa shape index (κ2) is 6.32. The molecule has 3 rings (SSSR count). The van der Waals surface area contributed by atoms with E-state index in [1.165, 1.54) is 18.4 Å². The molecule has 0 radical (unpaired) electrons. The second-order valence-corrected chi connectivity index (χ2v) is 5.51. The number of aliphatic hydroxyl groups excluding tert-OH is 2. The molecule has 116 valence electrons. The first-order valence-electron chi connectivity index (χ1n) is 6.70. The molecule has 3 heterocycles. The van der Waals surface area contributed by atoms with Crippen molar-refractivity contribution in [2.24, 2.45) is 4.99 Å². The molecule has 1 aromatic heterocycles. The highest BCUT2D eigenvalue weighted by Crippen LogP contribution is 2.35. The molecule has 2 aliphatic heterocycles. The van der Waals surface area contributed by atoms with Crippen LogP contribution in [0.3, 0.4) is 0 Å². The molecule has 0 amide bonds. The standard InChI is InChI=1S/C12H18N4O4S/c1-21-19-4-7-2-8(17)12(20-7)16-6-15-10-9(18)3-13-5-14-11(10)16/h5-9,12,17-18H,2-4H2,1H3,(H,13,14)/t7-,8+,9+,12+/m0/s1. The fourth-order valence-electron chi connectivity index (χ4n) is 2.52. The van der Waals surface area contributed by atoms with Crippen molar-refractivity contribution in [1.29, 1.82) is 0 Å². The zero-order valence-electron chi connectivity index (χ0n) is 11.5. The molecule has 3 N–H and O–H groups in total. The largest absolute Gasteiger partial charge is 0.388 e. The third-order valence-corrected chi connectivity index (χ3v) is 3.88. The van der Waals surface area contributed by atoms with Gasteiger partial charge in [-0.05, 0) is 12.0 Å². The minimum atomic E-state index is -0.738. The van der Waals surface area contributed by atoms with Gasteiger partial charge in [0.05, 0.1) is 25.4 Å². The number of hydrogen-bond donors (Lipinski definition) is 3. The molecule has 0 aliphatic carbocycles. The first kappa shape index (κ1) is 14.8. The smallest absolute Gasteiger partial charge is 0.163 e. The summed E-state index contributed by atoms with van der Waals surface area (Å²) in [6.45, 7) is 0.769. The summed E-state index contributed by atoms with van der Waals surface area (Å²) in [5.41, 5.74) is 0.482. The molecule has 0 spiro atoms. The van der Waals surface area contributed by atoms with Gasteiger partial charge in [0.1, 0.15) is 17.9 Å². The highest BCUT2D eigenvalue weighted by atomic mass is 32.2. The molecule has 21 heavy (non-hydrogen) atoms. The van der Waals surface area contributed by atoms with Gasteiger partial charge in [0.25, 0.3) is 0 Å². The van der Waals surface area contributed by atoms with Crippen molar-refractivity contribution in [1.82, 2.24) is 14.9 Å². The summed E-state index contributed by atoms with van der Waals surface area (Å²) < 4.78 is 12.7. The van der Waals surface area contributed by atoms with Gasteiger partial charge in [0, 0.05) is 19.2 Å². The number of nitrogens with zero attached hydrogens (tertiary/aromatic N) is 3. The van der Waals surface area contributed by atoms with Gasteiger partial charge in [-0.25, -0.2) is 9.98 Å². The number of aromatic nitrogens is 2. The first-order chi connectivity index (χ1) is 10.2. The quantitative estimate of drug-likeness (QED) is 0.679. The number of rotatable bonds is 4. The van der Waals surface area contributed by atoms with E-state index in [1.54, 1.807) is 10.9 Å². The molecule has 2 aliphatic rings. The van der Waals surface area contributed by atoms with Gasteiger partial charge >= 0.3 is 0 Å². The van der Waals surface area contributed by atoms with E-state index in [-0.39, 0.29) is 6.10 Å². The molecule has 0 saturated carbocycles. The van der Waals surface area contributed by atoms with E-state index >= 15 is 0 Å². The van der Waals surface area contributed by atoms with Crippen molar-refractivity contribution in [3.63, 3.8) is 0 Å². The first-order valence-corrected chi connectivity index (χ1v) is 7.85. The van der Waals surface area contributed by atoms with Gasteiger partial charge in [-0.2, -0.15) is 0 Å². The fourth-order valence-corrected chi connectivity index (χ4v) is 2.81. The minimum Gasteiger partial charge on any atom is -0.388 e. The van der Waals surface area contributed by atoms with Crippen LogP contribution in [-0.4, -0.2) is 57.7 Å². The van der Waals surface area contributed by atoms with Crippen LogP contribution in [-0.2, 0) is 8.92 Å². The Kier molecular flexibility index (Phi) is 4.45. The van der Waals surface area contributed by atoms with Crippen molar-refractivity contribution in [2.45, 2.75) is 31.0 Å². The van der Waals surface area contributed by atoms with Crippen LogP contribution in [0.2, 0.25) is 0 Å². The number of aliphatic imine (C=N–C) groups is 1. The van der Waals surface area contributed by atoms with Gasteiger partial charge < -0.3 is 24.4 Å². The summed E-state index contributed by atoms with van der Waals surface area (Å²) in [4.78, 5) is 8.44. The summed E-state index contributed by atoms with van der Waals surface area (Å²) >= 11 is 1.27. The lowest BCUT2D eigenvalue weighted by atomic mass is 10.2. The monoisotopic (exact) mass is 314 g/mol. The Morgan fingerprint density at radius 1 is 1.57 bits per heavy atom. The van der Waals surface area contributed by atoms with Gasteiger partial charge in [-0.3, -0.25) is 4.57 Å². The zero-order chi connectivity index (χ0) is 14.8. The van der Waals surface area contributed by atoms with Crippen LogP contribution in [0.5, 0.6) is 0 Å². The normalized spacial score (nSPS) is 31.8. The van der Waals surface area contributed by atoms with E-state index in [0.717, 1.165) is 0 Å². The number of ether oxygens (including phenoxy) is 1. The van der Waals surface area contributed by atoms with Crippen molar-refractivity contribution >= 4 is 24.2 Å². The van der Waals surface area contributed by atoms with E-state index in [1.807, 2.05) is 6.26 Å². The fraction of sp³-hybridized carbons (Fsp3) is 0.667. The lowest BCUT2D eigenvalue weighted by molar-refractivity contribution is -0.0451. The van der Waals surface area contributed by atoms with Crippen LogP contribution in [0.1, 0.15) is 24.4 Å². The van der Waals surface area contributed by atoms with E-state index in [0.29, 0.717) is 31.1 Å². The van der Waals surface area contributed by atoms with Gasteiger partial charge in [0.2, 0.25) is 0 Å². The second-order valence-electron chi connectivity index (χ2n) is 4.95. The average molecular weight is 314 g/mol. The summed E-state index contributed by atoms with van der Waals surface area (Å²) in [7, 11) is 0. The molecule has 9 heteroatoms. The lowest BCUT2D eigenvalue weighted by Crippen LogP contribution is -2.18. The molecule has 1 aromatic rings. The summed E-state index contributed by atoms with van der Waals surface area (Å²) in [5, 5.41) is 23.1. The van der Waals surface area contributed by atoms with E-state index in [9.17, 15) is 10.2 Å². The van der Waals surface area contributed by atoms with E-state index in [4.69, 9.17) is 8.92 Å². The molecular weight excluding hydrogens is 296 g/mol. The SMILES string of the molecule is CSOC[C@@H]1C[C@@H](O)[C@H](n2cnc3c2N=CNC[C@H]3O)O1. The molecule has 1 saturated heterocycles. The number of imidazole rings is 1. The highest BCUT2D eigenvalue weighted by molar-refractivity contribution is 7.93. The maximum Gasteiger partial charge on any atom is 0.163 e. The number of β-amino-alcohol motifs (C(OH)–C–C–N with tert-alkyl or cyclic N) is 1. The average Bonchev–Trinajstić information content (AvgIpc) is 2.99. The lowest BCUT2D eigenvalue weighted by Gasteiger charge is -2.17. The van der Waals surface area contributed by atoms with E-state index in [2.05, 4.69) is 15.3 Å². The number of nitrogens with one attached hydrogen (secondary N) is 1. The van der Waals surface area contributed by atoms with Crippen LogP contribution in [0, 0.1) is 0 Å². The number of fused-ring (bicyclic) bond motifs is 1. The van der Waals surface area contributed by atoms with Crippen LogP contribution in [0.4, 0.5) is 5.82 Å². The third-order valence-electron chi connectivity index (χ3n) is 3.51. The topological polar surface area (TPSA) is 101 Å². The number of aliphatic hydroxyl groups is 2. The Bertz CT molecular complexity index is 523. The van der Waals surface area contributed by atoms with Crippen LogP contribution in [0.15, 0.2) is 11.3 Å². The third kappa shape index (κ3) is 2.92. The molecule has 0 aromatic carbocycles. The predicted octanol–water partition coefficient (Wildman–Crippen LogP) is 0.122. The van der Waals surface area contributed by atoms with Gasteiger partial charge in [-0.1, -0.05) is 0 Å². The molecule has 4 atom stereocenters. The van der Waals surface area contributed by atoms with Crippen LogP contribution >= 0.6 is 12.0 Å². The Morgan fingerprint density at radius 3 is 3.24 bits per heavy atom. The zero-order valence-corrected chi connectivity index (χ0v) is 12.4. The van der Waals surface area contributed by atoms with Crippen LogP contribution < -0.4 is 5.32 Å². The highest BCUT2D eigenvalue weighted by Gasteiger charge is 2.37. The summed E-state index contributed by atoms with van der Waals surface area (Å²) in [6, 6.07) is 0. The summed E-state index contributed by atoms with van der Waals surface area (Å²) in [6.07, 6.45) is 3.24. The van der Waals surface area contributed by atoms with Gasteiger partial charge in [-0.15, -0.1) is 0 Å². The minimum absolute atomic E-state index is 0.173. The van der Waals surface area contributed by atoms with Gasteiger partial charge in [0.15, 0.2) is 12.0 Å². The molecule has 8 nitrogen and oxygen atoms in total. The Labute approximate surface area is 126 Å². The van der Waals surface area contributed by atoms with Crippen molar-refractivity contribution in [3.8, 4) is 0 Å². The maximum absolute atomic E-state index is 10.2. The molecule has 1 fully saturated rings. The van der Waals surface area contributed by atoms with Crippen molar-refractivity contribution < 1.29 is 19.1 Å². The molecule has 0 bridgehead atoms. The molecular formula is C12H18N4O4S. The van der Waals surface area contributed by atoms with E-state index < -0.39 is 18.4 Å². The maximum atomic E-state index is 10.2. The Morgan fingerprint density at radius 2 is 2.43 bits per heavy atom. The van der Waals surface area contributed by atoms with Crippen LogP contribution in [0.25, 0.3) is 0 Å². The molecule has 0 unspecified atom stereocenters. The Balaban J connectivity index is 1.81. The van der Waals surface area contributed by atoms with Crippen molar-refractivity contribution in [3.05, 3.63) is 12.0 Å².